The first kappa shape index (κ1) is 28.8. The lowest BCUT2D eigenvalue weighted by molar-refractivity contribution is -0.121. The second kappa shape index (κ2) is 14.8. The van der Waals surface area contributed by atoms with Crippen molar-refractivity contribution in [2.75, 3.05) is 11.5 Å². The molecule has 3 aromatic rings. The zero-order chi connectivity index (χ0) is 26.5. The number of aromatic hydroxyl groups is 1. The van der Waals surface area contributed by atoms with Gasteiger partial charge >= 0.3 is 0 Å². The summed E-state index contributed by atoms with van der Waals surface area (Å²) in [5.41, 5.74) is 3.60. The van der Waals surface area contributed by atoms with E-state index in [0.717, 1.165) is 36.1 Å². The minimum Gasteiger partial charge on any atom is -0.508 e. The number of phenols is 1. The number of hydrogen-bond acceptors (Lipinski definition) is 5. The van der Waals surface area contributed by atoms with Gasteiger partial charge in [-0.3, -0.25) is 9.35 Å². The minimum absolute atomic E-state index is 0.0543. The summed E-state index contributed by atoms with van der Waals surface area (Å²) in [4.78, 5) is 13.7. The van der Waals surface area contributed by atoms with E-state index >= 15 is 0 Å². The third kappa shape index (κ3) is 11.9. The molecule has 0 saturated heterocycles. The Balaban J connectivity index is 1.46. The highest BCUT2D eigenvalue weighted by molar-refractivity contribution is 7.99. The van der Waals surface area contributed by atoms with Crippen molar-refractivity contribution >= 4 is 27.8 Å². The number of benzene rings is 3. The molecule has 0 saturated carbocycles. The molecular weight excluding hydrogens is 506 g/mol. The van der Waals surface area contributed by atoms with E-state index in [1.54, 1.807) is 23.9 Å². The van der Waals surface area contributed by atoms with Crippen molar-refractivity contribution in [3.05, 3.63) is 95.6 Å². The normalized spacial score (nSPS) is 12.2. The Morgan fingerprint density at radius 3 is 2.16 bits per heavy atom. The van der Waals surface area contributed by atoms with E-state index in [4.69, 9.17) is 4.55 Å². The molecule has 0 aromatic heterocycles. The van der Waals surface area contributed by atoms with Crippen molar-refractivity contribution in [3.63, 3.8) is 0 Å². The first-order chi connectivity index (χ1) is 17.8. The maximum atomic E-state index is 12.6. The molecule has 0 bridgehead atoms. The van der Waals surface area contributed by atoms with E-state index in [1.807, 2.05) is 30.3 Å². The number of aryl methyl sites for hydroxylation is 1. The molecule has 8 heteroatoms. The highest BCUT2D eigenvalue weighted by Crippen LogP contribution is 2.22. The van der Waals surface area contributed by atoms with Gasteiger partial charge in [-0.15, -0.1) is 11.8 Å². The summed E-state index contributed by atoms with van der Waals surface area (Å²) in [5.74, 6) is 0.485. The number of carbonyl (C=O) groups is 1. The lowest BCUT2D eigenvalue weighted by Gasteiger charge is -2.18. The fourth-order valence-electron chi connectivity index (χ4n) is 4.02. The summed E-state index contributed by atoms with van der Waals surface area (Å²) >= 11 is 1.62. The van der Waals surface area contributed by atoms with Crippen LogP contribution < -0.4 is 5.32 Å². The van der Waals surface area contributed by atoms with Crippen molar-refractivity contribution in [1.29, 1.82) is 0 Å². The second-order valence-electron chi connectivity index (χ2n) is 9.18. The third-order valence-electron chi connectivity index (χ3n) is 6.00. The van der Waals surface area contributed by atoms with Gasteiger partial charge in [0.05, 0.1) is 5.75 Å². The number of unbranched alkanes of at least 4 members (excludes halogenated alkanes) is 1. The summed E-state index contributed by atoms with van der Waals surface area (Å²) < 4.78 is 31.3. The minimum atomic E-state index is -4.03. The molecule has 0 fully saturated rings. The Hall–Kier alpha value is -2.81. The predicted molar refractivity (Wildman–Crippen MR) is 150 cm³/mol. The predicted octanol–water partition coefficient (Wildman–Crippen LogP) is 5.64. The van der Waals surface area contributed by atoms with Gasteiger partial charge in [0.2, 0.25) is 5.91 Å². The SMILES string of the molecule is O=C(CCCCc1ccc(O)cc1)N[C@@H](CCCS(=O)(=O)O)CSc1ccc(Cc2ccccc2)cc1. The number of nitrogens with one attached hydrogen (secondary N) is 1. The molecule has 6 nitrogen and oxygen atoms in total. The Labute approximate surface area is 224 Å². The summed E-state index contributed by atoms with van der Waals surface area (Å²) in [6.07, 6.45) is 4.44. The molecule has 0 aliphatic carbocycles. The summed E-state index contributed by atoms with van der Waals surface area (Å²) in [6, 6.07) is 25.5. The summed E-state index contributed by atoms with van der Waals surface area (Å²) in [5, 5.41) is 12.4. The van der Waals surface area contributed by atoms with Crippen molar-refractivity contribution in [3.8, 4) is 5.75 Å². The molecule has 3 N–H and O–H groups in total. The van der Waals surface area contributed by atoms with E-state index in [-0.39, 0.29) is 29.9 Å². The molecular formula is C29H35NO5S2. The Bertz CT molecular complexity index is 1200. The zero-order valence-corrected chi connectivity index (χ0v) is 22.5. The molecule has 1 atom stereocenters. The van der Waals surface area contributed by atoms with E-state index in [1.165, 1.54) is 11.1 Å². The molecule has 0 radical (unpaired) electrons. The highest BCUT2D eigenvalue weighted by Gasteiger charge is 2.15. The van der Waals surface area contributed by atoms with Crippen LogP contribution in [-0.2, 0) is 27.8 Å². The molecule has 0 heterocycles. The number of rotatable bonds is 15. The van der Waals surface area contributed by atoms with Crippen LogP contribution in [-0.4, -0.2) is 41.5 Å². The first-order valence-electron chi connectivity index (χ1n) is 12.5. The van der Waals surface area contributed by atoms with Gasteiger partial charge in [0.25, 0.3) is 10.1 Å². The number of carbonyl (C=O) groups excluding carboxylic acids is 1. The van der Waals surface area contributed by atoms with E-state index in [2.05, 4.69) is 41.7 Å². The topological polar surface area (TPSA) is 104 Å². The number of hydrogen-bond donors (Lipinski definition) is 3. The molecule has 3 aromatic carbocycles. The number of amides is 1. The standard InChI is InChI=1S/C29H35NO5S2/c31-27-16-12-23(13-17-27)7-4-5-11-29(32)30-26(10-6-20-37(33,34)35)22-36-28-18-14-25(15-19-28)21-24-8-2-1-3-9-24/h1-3,8-9,12-19,26,31H,4-7,10-11,20-22H2,(H,30,32)(H,33,34,35)/t26-/m0/s1. The van der Waals surface area contributed by atoms with Crippen LogP contribution >= 0.6 is 11.8 Å². The first-order valence-corrected chi connectivity index (χ1v) is 15.1. The van der Waals surface area contributed by atoms with E-state index in [9.17, 15) is 18.3 Å². The van der Waals surface area contributed by atoms with Crippen LogP contribution in [0.25, 0.3) is 0 Å². The Morgan fingerprint density at radius 2 is 1.49 bits per heavy atom. The van der Waals surface area contributed by atoms with Crippen LogP contribution in [0.5, 0.6) is 5.75 Å². The molecule has 3 rings (SSSR count). The van der Waals surface area contributed by atoms with Gasteiger partial charge in [0.1, 0.15) is 5.75 Å². The molecule has 1 amide bonds. The average Bonchev–Trinajstić information content (AvgIpc) is 2.87. The second-order valence-corrected chi connectivity index (χ2v) is 11.8. The van der Waals surface area contributed by atoms with E-state index < -0.39 is 10.1 Å². The van der Waals surface area contributed by atoms with Gasteiger partial charge in [-0.05, 0) is 79.5 Å². The largest absolute Gasteiger partial charge is 0.508 e. The third-order valence-corrected chi connectivity index (χ3v) is 7.98. The van der Waals surface area contributed by atoms with Crippen molar-refractivity contribution in [2.24, 2.45) is 0 Å². The maximum absolute atomic E-state index is 12.6. The fraction of sp³-hybridized carbons (Fsp3) is 0.345. The van der Waals surface area contributed by atoms with Gasteiger partial charge in [-0.2, -0.15) is 8.42 Å². The molecule has 37 heavy (non-hydrogen) atoms. The molecule has 0 aliphatic rings. The molecule has 0 unspecified atom stereocenters. The monoisotopic (exact) mass is 541 g/mol. The highest BCUT2D eigenvalue weighted by atomic mass is 32.2. The van der Waals surface area contributed by atoms with Crippen LogP contribution in [0, 0.1) is 0 Å². The van der Waals surface area contributed by atoms with Crippen LogP contribution in [0.4, 0.5) is 0 Å². The van der Waals surface area contributed by atoms with Gasteiger partial charge in [-0.1, -0.05) is 54.6 Å². The Morgan fingerprint density at radius 1 is 0.838 bits per heavy atom. The summed E-state index contributed by atoms with van der Waals surface area (Å²) in [6.45, 7) is 0. The number of thioether (sulfide) groups is 1. The lowest BCUT2D eigenvalue weighted by atomic mass is 10.1. The molecule has 0 aliphatic heterocycles. The van der Waals surface area contributed by atoms with Crippen molar-refractivity contribution < 1.29 is 22.9 Å². The van der Waals surface area contributed by atoms with Crippen LogP contribution in [0.2, 0.25) is 0 Å². The van der Waals surface area contributed by atoms with Crippen LogP contribution in [0.15, 0.2) is 83.8 Å². The summed E-state index contributed by atoms with van der Waals surface area (Å²) in [7, 11) is -4.03. The molecule has 0 spiro atoms. The van der Waals surface area contributed by atoms with Gasteiger partial charge in [0, 0.05) is 23.1 Å². The maximum Gasteiger partial charge on any atom is 0.264 e. The van der Waals surface area contributed by atoms with Crippen molar-refractivity contribution in [2.45, 2.75) is 55.9 Å². The van der Waals surface area contributed by atoms with Crippen LogP contribution in [0.3, 0.4) is 0 Å². The fourth-order valence-corrected chi connectivity index (χ4v) is 5.52. The van der Waals surface area contributed by atoms with E-state index in [0.29, 0.717) is 18.6 Å². The zero-order valence-electron chi connectivity index (χ0n) is 20.9. The van der Waals surface area contributed by atoms with Crippen LogP contribution in [0.1, 0.15) is 48.8 Å². The lowest BCUT2D eigenvalue weighted by Crippen LogP contribution is -2.36. The smallest absolute Gasteiger partial charge is 0.264 e. The van der Waals surface area contributed by atoms with Gasteiger partial charge in [-0.25, -0.2) is 0 Å². The van der Waals surface area contributed by atoms with Gasteiger partial charge in [0.15, 0.2) is 0 Å². The number of phenolic OH excluding ortho intramolecular Hbond substituents is 1. The Kier molecular flexibility index (Phi) is 11.5. The van der Waals surface area contributed by atoms with Crippen molar-refractivity contribution in [1.82, 2.24) is 5.32 Å². The quantitative estimate of drug-likeness (QED) is 0.131. The molecule has 198 valence electrons. The van der Waals surface area contributed by atoms with Gasteiger partial charge < -0.3 is 10.4 Å². The average molecular weight is 542 g/mol.